The van der Waals surface area contributed by atoms with E-state index in [-0.39, 0.29) is 0 Å². The highest BCUT2D eigenvalue weighted by Gasteiger charge is 2.43. The Balaban J connectivity index is 2.48. The van der Waals surface area contributed by atoms with Gasteiger partial charge in [0.1, 0.15) is 5.60 Å². The summed E-state index contributed by atoms with van der Waals surface area (Å²) in [7, 11) is 0. The van der Waals surface area contributed by atoms with Crippen molar-refractivity contribution in [2.24, 2.45) is 0 Å². The second kappa shape index (κ2) is 2.50. The highest BCUT2D eigenvalue weighted by Crippen LogP contribution is 2.39. The van der Waals surface area contributed by atoms with E-state index in [9.17, 15) is 4.39 Å². The molecule has 0 saturated carbocycles. The molecular weight excluding hydrogens is 225 g/mol. The molecule has 1 aliphatic heterocycles. The zero-order chi connectivity index (χ0) is 8.77. The molecule has 4 heteroatoms. The summed E-state index contributed by atoms with van der Waals surface area (Å²) in [5.41, 5.74) is 0.0813. The Morgan fingerprint density at radius 1 is 1.75 bits per heavy atom. The van der Waals surface area contributed by atoms with E-state index in [4.69, 9.17) is 4.74 Å². The predicted octanol–water partition coefficient (Wildman–Crippen LogP) is 2.23. The van der Waals surface area contributed by atoms with Gasteiger partial charge in [0.25, 0.3) is 0 Å². The molecule has 0 aromatic carbocycles. The van der Waals surface area contributed by atoms with Gasteiger partial charge >= 0.3 is 0 Å². The van der Waals surface area contributed by atoms with Crippen LogP contribution in [0.5, 0.6) is 0 Å². The van der Waals surface area contributed by atoms with Crippen LogP contribution >= 0.6 is 15.9 Å². The van der Waals surface area contributed by atoms with E-state index in [2.05, 4.69) is 20.9 Å². The molecule has 1 aromatic rings. The second-order valence-corrected chi connectivity index (χ2v) is 3.93. The number of aromatic nitrogens is 1. The maximum absolute atomic E-state index is 13.1. The van der Waals surface area contributed by atoms with Gasteiger partial charge in [-0.15, -0.1) is 0 Å². The number of nitrogens with zero attached hydrogens (tertiary/aromatic N) is 1. The van der Waals surface area contributed by atoms with Crippen molar-refractivity contribution in [2.75, 3.05) is 6.61 Å². The van der Waals surface area contributed by atoms with Crippen LogP contribution in [0, 0.1) is 5.95 Å². The van der Waals surface area contributed by atoms with E-state index in [0.717, 1.165) is 4.47 Å². The molecule has 2 nitrogen and oxygen atoms in total. The topological polar surface area (TPSA) is 25.4 Å². The van der Waals surface area contributed by atoms with Gasteiger partial charge in [0, 0.05) is 16.2 Å². The number of halogens is 2. The lowest BCUT2D eigenvalue weighted by atomic mass is 10.0. The van der Waals surface area contributed by atoms with Gasteiger partial charge in [-0.1, -0.05) is 0 Å². The normalized spacial score (nSPS) is 27.2. The maximum Gasteiger partial charge on any atom is 0.219 e. The molecule has 1 fully saturated rings. The minimum atomic E-state index is -0.446. The molecule has 0 bridgehead atoms. The Hall–Kier alpha value is -0.480. The van der Waals surface area contributed by atoms with Crippen molar-refractivity contribution in [2.45, 2.75) is 12.5 Å². The molecule has 1 saturated heterocycles. The minimum Gasteiger partial charge on any atom is -0.365 e. The molecule has 1 atom stereocenters. The Morgan fingerprint density at radius 3 is 3.00 bits per heavy atom. The SMILES string of the molecule is CC1(c2cc(Br)cnc2F)CO1. The van der Waals surface area contributed by atoms with Crippen LogP contribution in [-0.2, 0) is 10.3 Å². The van der Waals surface area contributed by atoms with Crippen LogP contribution in [0.25, 0.3) is 0 Å². The summed E-state index contributed by atoms with van der Waals surface area (Å²) in [5, 5.41) is 0. The largest absolute Gasteiger partial charge is 0.365 e. The van der Waals surface area contributed by atoms with Crippen LogP contribution in [0.2, 0.25) is 0 Å². The van der Waals surface area contributed by atoms with Gasteiger partial charge in [0.05, 0.1) is 6.61 Å². The van der Waals surface area contributed by atoms with Gasteiger partial charge in [-0.3, -0.25) is 0 Å². The van der Waals surface area contributed by atoms with Crippen molar-refractivity contribution in [3.8, 4) is 0 Å². The highest BCUT2D eigenvalue weighted by atomic mass is 79.9. The monoisotopic (exact) mass is 231 g/mol. The summed E-state index contributed by atoms with van der Waals surface area (Å²) < 4.78 is 19.0. The minimum absolute atomic E-state index is 0.444. The summed E-state index contributed by atoms with van der Waals surface area (Å²) in [6, 6.07) is 1.70. The van der Waals surface area contributed by atoms with E-state index < -0.39 is 11.5 Å². The van der Waals surface area contributed by atoms with Crippen LogP contribution < -0.4 is 0 Å². The lowest BCUT2D eigenvalue weighted by molar-refractivity contribution is 0.319. The number of hydrogen-bond donors (Lipinski definition) is 0. The van der Waals surface area contributed by atoms with E-state index in [0.29, 0.717) is 12.2 Å². The average Bonchev–Trinajstić information content (AvgIpc) is 2.75. The van der Waals surface area contributed by atoms with Crippen molar-refractivity contribution in [3.63, 3.8) is 0 Å². The standard InChI is InChI=1S/C8H7BrFNO/c1-8(4-12-8)6-2-5(9)3-11-7(6)10/h2-3H,4H2,1H3. The van der Waals surface area contributed by atoms with E-state index >= 15 is 0 Å². The number of ether oxygens (including phenoxy) is 1. The Labute approximate surface area is 77.9 Å². The van der Waals surface area contributed by atoms with Crippen LogP contribution in [0.1, 0.15) is 12.5 Å². The molecule has 1 aliphatic rings. The van der Waals surface area contributed by atoms with Gasteiger partial charge < -0.3 is 4.74 Å². The van der Waals surface area contributed by atoms with Crippen molar-refractivity contribution < 1.29 is 9.13 Å². The maximum atomic E-state index is 13.1. The van der Waals surface area contributed by atoms with Gasteiger partial charge in [-0.05, 0) is 28.9 Å². The molecule has 1 unspecified atom stereocenters. The summed E-state index contributed by atoms with van der Waals surface area (Å²) in [6.45, 7) is 2.42. The predicted molar refractivity (Wildman–Crippen MR) is 45.2 cm³/mol. The molecule has 64 valence electrons. The summed E-state index contributed by atoms with van der Waals surface area (Å²) in [4.78, 5) is 3.59. The van der Waals surface area contributed by atoms with E-state index in [1.807, 2.05) is 6.92 Å². The molecule has 0 aliphatic carbocycles. The molecule has 0 amide bonds. The fourth-order valence-electron chi connectivity index (χ4n) is 1.06. The first-order chi connectivity index (χ1) is 5.62. The van der Waals surface area contributed by atoms with Gasteiger partial charge in [-0.25, -0.2) is 4.98 Å². The summed E-state index contributed by atoms with van der Waals surface area (Å²) in [5.74, 6) is -0.446. The molecule has 0 radical (unpaired) electrons. The lowest BCUT2D eigenvalue weighted by Gasteiger charge is -2.05. The fourth-order valence-corrected chi connectivity index (χ4v) is 1.39. The average molecular weight is 232 g/mol. The Kier molecular flexibility index (Phi) is 1.70. The van der Waals surface area contributed by atoms with Crippen LogP contribution in [0.3, 0.4) is 0 Å². The molecule has 12 heavy (non-hydrogen) atoms. The fraction of sp³-hybridized carbons (Fsp3) is 0.375. The van der Waals surface area contributed by atoms with E-state index in [1.54, 1.807) is 6.07 Å². The van der Waals surface area contributed by atoms with Gasteiger partial charge in [0.2, 0.25) is 5.95 Å². The number of rotatable bonds is 1. The second-order valence-electron chi connectivity index (χ2n) is 3.01. The summed E-state index contributed by atoms with van der Waals surface area (Å²) >= 11 is 3.23. The Bertz CT molecular complexity index is 325. The van der Waals surface area contributed by atoms with E-state index in [1.165, 1.54) is 6.20 Å². The molecule has 0 N–H and O–H groups in total. The molecule has 2 heterocycles. The van der Waals surface area contributed by atoms with Crippen LogP contribution in [0.15, 0.2) is 16.7 Å². The summed E-state index contributed by atoms with van der Waals surface area (Å²) in [6.07, 6.45) is 1.44. The lowest BCUT2D eigenvalue weighted by Crippen LogP contribution is -2.06. The molecule has 1 aromatic heterocycles. The highest BCUT2D eigenvalue weighted by molar-refractivity contribution is 9.10. The van der Waals surface area contributed by atoms with Crippen LogP contribution in [-0.4, -0.2) is 11.6 Å². The number of epoxide rings is 1. The van der Waals surface area contributed by atoms with Crippen molar-refractivity contribution >= 4 is 15.9 Å². The first-order valence-corrected chi connectivity index (χ1v) is 4.37. The third kappa shape index (κ3) is 1.25. The number of pyridine rings is 1. The zero-order valence-corrected chi connectivity index (χ0v) is 8.06. The first-order valence-electron chi connectivity index (χ1n) is 3.57. The smallest absolute Gasteiger partial charge is 0.219 e. The Morgan fingerprint density at radius 2 is 2.42 bits per heavy atom. The first kappa shape index (κ1) is 8.13. The van der Waals surface area contributed by atoms with Gasteiger partial charge in [0.15, 0.2) is 0 Å². The third-order valence-corrected chi connectivity index (χ3v) is 2.39. The molecular formula is C8H7BrFNO. The van der Waals surface area contributed by atoms with Crippen molar-refractivity contribution in [1.82, 2.24) is 4.98 Å². The van der Waals surface area contributed by atoms with Crippen molar-refractivity contribution in [3.05, 3.63) is 28.2 Å². The number of hydrogen-bond acceptors (Lipinski definition) is 2. The zero-order valence-electron chi connectivity index (χ0n) is 6.47. The quantitative estimate of drug-likeness (QED) is 0.548. The van der Waals surface area contributed by atoms with Crippen molar-refractivity contribution in [1.29, 1.82) is 0 Å². The third-order valence-electron chi connectivity index (χ3n) is 1.95. The van der Waals surface area contributed by atoms with Gasteiger partial charge in [-0.2, -0.15) is 4.39 Å². The molecule has 0 spiro atoms. The van der Waals surface area contributed by atoms with Crippen LogP contribution in [0.4, 0.5) is 4.39 Å². The molecule has 2 rings (SSSR count).